The number of carbonyl (C=O) groups excluding carboxylic acids is 2. The molecule has 1 heterocycles. The number of nitrogens with one attached hydrogen (secondary N) is 1. The first-order valence-electron chi connectivity index (χ1n) is 16.2. The fraction of sp³-hybridized carbons (Fsp3) is 0.351. The number of hydrogen-bond acceptors (Lipinski definition) is 7. The van der Waals surface area contributed by atoms with Crippen molar-refractivity contribution < 1.29 is 40.7 Å². The molecule has 0 radical (unpaired) electrons. The summed E-state index contributed by atoms with van der Waals surface area (Å²) in [7, 11) is 1.24. The number of hydrazone groups is 1. The first-order chi connectivity index (χ1) is 25.7. The molecule has 0 saturated heterocycles. The van der Waals surface area contributed by atoms with E-state index in [2.05, 4.69) is 67.3 Å². The molecule has 1 aromatic heterocycles. The molecule has 2 amide bonds. The molecule has 55 heavy (non-hydrogen) atoms. The Morgan fingerprint density at radius 2 is 1.69 bits per heavy atom. The van der Waals surface area contributed by atoms with Gasteiger partial charge in [-0.15, -0.1) is 12.8 Å². The molecule has 11 nitrogen and oxygen atoms in total. The number of rotatable bonds is 11. The van der Waals surface area contributed by atoms with E-state index in [-0.39, 0.29) is 39.7 Å². The number of aromatic nitrogens is 1. The van der Waals surface area contributed by atoms with Crippen molar-refractivity contribution in [2.45, 2.75) is 64.8 Å². The number of terminal acetylenes is 1. The fourth-order valence-electron chi connectivity index (χ4n) is 4.51. The van der Waals surface area contributed by atoms with Crippen molar-refractivity contribution in [2.24, 2.45) is 26.2 Å². The Morgan fingerprint density at radius 3 is 2.16 bits per heavy atom. The summed E-state index contributed by atoms with van der Waals surface area (Å²) in [6.07, 6.45) is 2.84. The molecule has 1 aliphatic rings. The topological polar surface area (TPSA) is 138 Å². The molecule has 1 aliphatic carbocycles. The number of alkyl carbamates (subject to hydrolysis) is 1. The number of carbonyl (C=O) groups is 2. The summed E-state index contributed by atoms with van der Waals surface area (Å²) in [5.74, 6) is -1.80. The summed E-state index contributed by atoms with van der Waals surface area (Å²) in [6.45, 7) is 7.85. The van der Waals surface area contributed by atoms with Crippen LogP contribution in [-0.2, 0) is 4.74 Å². The maximum absolute atomic E-state index is 14.0. The van der Waals surface area contributed by atoms with Gasteiger partial charge in [-0.1, -0.05) is 57.5 Å². The highest BCUT2D eigenvalue weighted by Gasteiger charge is 2.64. The maximum Gasteiger partial charge on any atom is 0.411 e. The molecule has 4 rings (SSSR count). The Kier molecular flexibility index (Phi) is 16.2. The number of ether oxygens (including phenoxy) is 1. The van der Waals surface area contributed by atoms with Gasteiger partial charge in [0.15, 0.2) is 5.96 Å². The number of halogens is 7. The molecule has 0 bridgehead atoms. The van der Waals surface area contributed by atoms with Crippen molar-refractivity contribution in [3.8, 4) is 24.1 Å². The van der Waals surface area contributed by atoms with Crippen molar-refractivity contribution in [3.63, 3.8) is 0 Å². The van der Waals surface area contributed by atoms with Gasteiger partial charge in [-0.25, -0.2) is 14.2 Å². The third-order valence-corrected chi connectivity index (χ3v) is 7.53. The predicted octanol–water partition coefficient (Wildman–Crippen LogP) is 8.46. The standard InChI is InChI=1S/C30H27ClF6N8O3.C5H12.C2H2/c1-39-16-42-45(26(33)34)23-13-19(7-9-21(23)31)24(15-48-28(47)43-29(11-12-29)30(35,36)37)44(27(38)40-2)25(46)18-5-3-17(4-6-18)22-10-8-20(32)14-41-22;1-5(2,3)4;1-2/h3-10,13-14,16,24,26H,1,11-12,15H2,2H3,(H2,38,40)(H,43,47);1-4H3;1-2H/b42-16-;;/t24-;;/m1../s1. The number of guanidine groups is 1. The number of alkyl halides is 5. The number of pyridine rings is 1. The van der Waals surface area contributed by atoms with Crippen LogP contribution in [-0.4, -0.2) is 72.8 Å². The second-order valence-electron chi connectivity index (χ2n) is 13.3. The minimum absolute atomic E-state index is 0.00125. The lowest BCUT2D eigenvalue weighted by molar-refractivity contribution is -0.164. The molecular weight excluding hydrogens is 754 g/mol. The van der Waals surface area contributed by atoms with Crippen LogP contribution in [0.25, 0.3) is 11.3 Å². The van der Waals surface area contributed by atoms with E-state index >= 15 is 0 Å². The van der Waals surface area contributed by atoms with Gasteiger partial charge < -0.3 is 15.8 Å². The van der Waals surface area contributed by atoms with Crippen LogP contribution in [0.2, 0.25) is 5.02 Å². The number of hydrogen-bond donors (Lipinski definition) is 2. The van der Waals surface area contributed by atoms with E-state index in [1.165, 1.54) is 55.6 Å². The zero-order valence-electron chi connectivity index (χ0n) is 30.6. The van der Waals surface area contributed by atoms with Gasteiger partial charge in [0.25, 0.3) is 5.91 Å². The van der Waals surface area contributed by atoms with Crippen LogP contribution in [0.1, 0.15) is 62.5 Å². The Balaban J connectivity index is 0.00000138. The van der Waals surface area contributed by atoms with Crippen molar-refractivity contribution in [2.75, 3.05) is 18.7 Å². The molecule has 0 unspecified atom stereocenters. The molecular formula is C37H41ClF6N8O3. The predicted molar refractivity (Wildman–Crippen MR) is 202 cm³/mol. The molecule has 3 N–H and O–H groups in total. The van der Waals surface area contributed by atoms with Crippen LogP contribution in [0.15, 0.2) is 75.9 Å². The van der Waals surface area contributed by atoms with Gasteiger partial charge in [0.1, 0.15) is 24.3 Å². The molecule has 3 aromatic rings. The van der Waals surface area contributed by atoms with Crippen molar-refractivity contribution in [3.05, 3.63) is 82.8 Å². The molecule has 2 aromatic carbocycles. The highest BCUT2D eigenvalue weighted by atomic mass is 35.5. The van der Waals surface area contributed by atoms with Gasteiger partial charge in [0.2, 0.25) is 0 Å². The van der Waals surface area contributed by atoms with Crippen LogP contribution < -0.4 is 16.1 Å². The number of benzene rings is 2. The van der Waals surface area contributed by atoms with Gasteiger partial charge in [-0.2, -0.15) is 27.1 Å². The quantitative estimate of drug-likeness (QED) is 0.0499. The molecule has 0 aliphatic heterocycles. The summed E-state index contributed by atoms with van der Waals surface area (Å²) in [5.41, 5.74) is 4.76. The lowest BCUT2D eigenvalue weighted by Gasteiger charge is -2.32. The van der Waals surface area contributed by atoms with Crippen LogP contribution in [0, 0.1) is 24.1 Å². The fourth-order valence-corrected chi connectivity index (χ4v) is 4.72. The average molecular weight is 795 g/mol. The Hall–Kier alpha value is -5.63. The lowest BCUT2D eigenvalue weighted by atomic mass is 10.0. The van der Waals surface area contributed by atoms with Crippen molar-refractivity contribution >= 4 is 48.3 Å². The zero-order valence-corrected chi connectivity index (χ0v) is 31.4. The summed E-state index contributed by atoms with van der Waals surface area (Å²) in [4.78, 5) is 38.7. The lowest BCUT2D eigenvalue weighted by Crippen LogP contribution is -2.49. The number of nitrogens with two attached hydrogens (primary N) is 1. The van der Waals surface area contributed by atoms with Crippen LogP contribution in [0.5, 0.6) is 0 Å². The largest absolute Gasteiger partial charge is 0.447 e. The Morgan fingerprint density at radius 1 is 1.09 bits per heavy atom. The Labute approximate surface area is 320 Å². The van der Waals surface area contributed by atoms with E-state index < -0.39 is 54.7 Å². The minimum atomic E-state index is -4.74. The molecule has 296 valence electrons. The molecule has 1 fully saturated rings. The molecule has 1 saturated carbocycles. The highest BCUT2D eigenvalue weighted by Crippen LogP contribution is 2.49. The van der Waals surface area contributed by atoms with Gasteiger partial charge in [0.05, 0.1) is 28.6 Å². The van der Waals surface area contributed by atoms with Gasteiger partial charge >= 0.3 is 18.8 Å². The van der Waals surface area contributed by atoms with Gasteiger partial charge in [-0.3, -0.25) is 24.7 Å². The first kappa shape index (κ1) is 45.5. The first-order valence-corrected chi connectivity index (χ1v) is 16.6. The van der Waals surface area contributed by atoms with E-state index in [9.17, 15) is 35.9 Å². The maximum atomic E-state index is 14.0. The normalized spacial score (nSPS) is 14.1. The van der Waals surface area contributed by atoms with E-state index in [0.29, 0.717) is 16.7 Å². The van der Waals surface area contributed by atoms with Crippen molar-refractivity contribution in [1.82, 2.24) is 15.2 Å². The SMILES string of the molecule is C#C.C=N/C=N\N(c1cc([C@@H](COC(=O)NC2(C(F)(F)F)CC2)N(C(=O)c2ccc(-c3ccc(F)cn3)cc2)C(N)=NC)ccc1Cl)C(F)F.CC(C)(C)C. The summed E-state index contributed by atoms with van der Waals surface area (Å²) < 4.78 is 87.0. The number of aliphatic imine (C=N–C) groups is 2. The third-order valence-electron chi connectivity index (χ3n) is 7.21. The monoisotopic (exact) mass is 794 g/mol. The summed E-state index contributed by atoms with van der Waals surface area (Å²) >= 11 is 6.22. The molecule has 18 heteroatoms. The zero-order chi connectivity index (χ0) is 41.7. The number of amides is 2. The second kappa shape index (κ2) is 19.6. The third kappa shape index (κ3) is 13.0. The second-order valence-corrected chi connectivity index (χ2v) is 13.7. The van der Waals surface area contributed by atoms with E-state index in [1.807, 2.05) is 5.32 Å². The number of nitrogens with zero attached hydrogens (tertiary/aromatic N) is 6. The van der Waals surface area contributed by atoms with Crippen LogP contribution in [0.4, 0.5) is 36.8 Å². The van der Waals surface area contributed by atoms with Crippen molar-refractivity contribution in [1.29, 1.82) is 0 Å². The van der Waals surface area contributed by atoms with E-state index in [0.717, 1.165) is 23.5 Å². The summed E-state index contributed by atoms with van der Waals surface area (Å²) in [5, 5.41) is 5.33. The smallest absolute Gasteiger partial charge is 0.411 e. The minimum Gasteiger partial charge on any atom is -0.447 e. The Bertz CT molecular complexity index is 1840. The number of anilines is 1. The van der Waals surface area contributed by atoms with E-state index in [1.54, 1.807) is 0 Å². The van der Waals surface area contributed by atoms with Crippen LogP contribution in [0.3, 0.4) is 0 Å². The average Bonchev–Trinajstić information content (AvgIpc) is 3.92. The van der Waals surface area contributed by atoms with Gasteiger partial charge in [-0.05, 0) is 66.9 Å². The van der Waals surface area contributed by atoms with E-state index in [4.69, 9.17) is 22.1 Å². The highest BCUT2D eigenvalue weighted by molar-refractivity contribution is 6.33. The molecule has 0 spiro atoms. The molecule has 1 atom stereocenters. The van der Waals surface area contributed by atoms with Crippen LogP contribution >= 0.6 is 11.6 Å². The summed E-state index contributed by atoms with van der Waals surface area (Å²) in [6, 6.07) is 10.6. The van der Waals surface area contributed by atoms with Gasteiger partial charge in [0, 0.05) is 18.2 Å².